The summed E-state index contributed by atoms with van der Waals surface area (Å²) in [5.41, 5.74) is 0. The lowest BCUT2D eigenvalue weighted by Gasteiger charge is -2.40. The van der Waals surface area contributed by atoms with Crippen LogP contribution in [0, 0.1) is 0 Å². The van der Waals surface area contributed by atoms with E-state index >= 15 is 0 Å². The minimum Gasteiger partial charge on any atom is -0.394 e. The van der Waals surface area contributed by atoms with E-state index in [0.29, 0.717) is 6.42 Å². The molecule has 9 nitrogen and oxygen atoms in total. The highest BCUT2D eigenvalue weighted by atomic mass is 16.7. The number of carbonyl (C=O) groups excluding carboxylic acids is 1. The molecule has 0 saturated carbocycles. The Morgan fingerprint density at radius 2 is 0.768 bits per heavy atom. The number of hydrogen-bond donors (Lipinski definition) is 6. The molecule has 0 spiro atoms. The normalized spacial score (nSPS) is 18.9. The van der Waals surface area contributed by atoms with Gasteiger partial charge in [-0.3, -0.25) is 4.79 Å². The molecule has 82 heavy (non-hydrogen) atoms. The number of nitrogens with one attached hydrogen (secondary N) is 1. The Balaban J connectivity index is 2.18. The van der Waals surface area contributed by atoms with Crippen LogP contribution >= 0.6 is 0 Å². The van der Waals surface area contributed by atoms with Gasteiger partial charge in [-0.2, -0.15) is 0 Å². The first-order valence-electron chi connectivity index (χ1n) is 34.5. The van der Waals surface area contributed by atoms with Gasteiger partial charge < -0.3 is 40.3 Å². The molecular weight excluding hydrogens is 1020 g/mol. The molecule has 0 bridgehead atoms. The summed E-state index contributed by atoms with van der Waals surface area (Å²) >= 11 is 0. The topological polar surface area (TPSA) is 149 Å². The van der Waals surface area contributed by atoms with Gasteiger partial charge in [0.05, 0.1) is 25.4 Å². The third-order valence-corrected chi connectivity index (χ3v) is 15.9. The predicted molar refractivity (Wildman–Crippen MR) is 350 cm³/mol. The van der Waals surface area contributed by atoms with E-state index in [4.69, 9.17) is 9.47 Å². The maximum atomic E-state index is 13.1. The molecule has 0 aromatic rings. The summed E-state index contributed by atoms with van der Waals surface area (Å²) in [7, 11) is 0. The first-order chi connectivity index (χ1) is 40.3. The average Bonchev–Trinajstić information content (AvgIpc) is 3.57. The molecular formula is C73H129NO8. The zero-order valence-corrected chi connectivity index (χ0v) is 53.0. The first-order valence-corrected chi connectivity index (χ1v) is 34.5. The summed E-state index contributed by atoms with van der Waals surface area (Å²) < 4.78 is 11.3. The number of ether oxygens (including phenoxy) is 2. The minimum absolute atomic E-state index is 0.193. The van der Waals surface area contributed by atoms with E-state index in [9.17, 15) is 30.3 Å². The number of aliphatic hydroxyl groups excluding tert-OH is 5. The molecule has 1 rings (SSSR count). The highest BCUT2D eigenvalue weighted by Crippen LogP contribution is 2.23. The van der Waals surface area contributed by atoms with Crippen molar-refractivity contribution < 1.29 is 39.8 Å². The lowest BCUT2D eigenvalue weighted by atomic mass is 9.99. The van der Waals surface area contributed by atoms with Crippen LogP contribution in [0.1, 0.15) is 303 Å². The summed E-state index contributed by atoms with van der Waals surface area (Å²) in [6.45, 7) is 3.67. The van der Waals surface area contributed by atoms with Crippen molar-refractivity contribution in [3.05, 3.63) is 97.2 Å². The molecule has 7 atom stereocenters. The smallest absolute Gasteiger partial charge is 0.220 e. The zero-order chi connectivity index (χ0) is 59.3. The number of allylic oxidation sites excluding steroid dienone is 15. The van der Waals surface area contributed by atoms with Crippen LogP contribution in [0.3, 0.4) is 0 Å². The summed E-state index contributed by atoms with van der Waals surface area (Å²) in [4.78, 5) is 13.1. The van der Waals surface area contributed by atoms with Crippen molar-refractivity contribution in [3.8, 4) is 0 Å². The fourth-order valence-electron chi connectivity index (χ4n) is 10.5. The summed E-state index contributed by atoms with van der Waals surface area (Å²) in [6, 6.07) is -0.836. The Labute approximate surface area is 504 Å². The van der Waals surface area contributed by atoms with Crippen LogP contribution in [0.2, 0.25) is 0 Å². The van der Waals surface area contributed by atoms with E-state index in [2.05, 4.69) is 104 Å². The maximum absolute atomic E-state index is 13.1. The van der Waals surface area contributed by atoms with Gasteiger partial charge in [-0.1, -0.05) is 304 Å². The zero-order valence-electron chi connectivity index (χ0n) is 53.0. The van der Waals surface area contributed by atoms with Gasteiger partial charge in [0.2, 0.25) is 5.91 Å². The van der Waals surface area contributed by atoms with Crippen LogP contribution in [0.5, 0.6) is 0 Å². The molecule has 1 heterocycles. The summed E-state index contributed by atoms with van der Waals surface area (Å²) in [5.74, 6) is -0.193. The van der Waals surface area contributed by atoms with E-state index in [1.165, 1.54) is 205 Å². The van der Waals surface area contributed by atoms with Crippen LogP contribution in [-0.4, -0.2) is 87.5 Å². The van der Waals surface area contributed by atoms with E-state index in [0.717, 1.165) is 77.0 Å². The van der Waals surface area contributed by atoms with Gasteiger partial charge in [-0.15, -0.1) is 0 Å². The van der Waals surface area contributed by atoms with Gasteiger partial charge in [0, 0.05) is 6.42 Å². The lowest BCUT2D eigenvalue weighted by molar-refractivity contribution is -0.302. The molecule has 0 aromatic carbocycles. The van der Waals surface area contributed by atoms with Crippen LogP contribution in [0.4, 0.5) is 0 Å². The molecule has 9 heteroatoms. The highest BCUT2D eigenvalue weighted by Gasteiger charge is 2.44. The summed E-state index contributed by atoms with van der Waals surface area (Å²) in [6.07, 6.45) is 82.2. The molecule has 0 aliphatic carbocycles. The molecule has 1 saturated heterocycles. The fourth-order valence-corrected chi connectivity index (χ4v) is 10.5. The van der Waals surface area contributed by atoms with Crippen molar-refractivity contribution in [1.29, 1.82) is 0 Å². The highest BCUT2D eigenvalue weighted by molar-refractivity contribution is 5.76. The average molecular weight is 1150 g/mol. The Hall–Kier alpha value is -2.89. The Kier molecular flexibility index (Phi) is 57.6. The number of hydrogen-bond acceptors (Lipinski definition) is 8. The number of amides is 1. The van der Waals surface area contributed by atoms with Crippen LogP contribution in [0.25, 0.3) is 0 Å². The van der Waals surface area contributed by atoms with Crippen molar-refractivity contribution >= 4 is 5.91 Å². The van der Waals surface area contributed by atoms with E-state index in [1.807, 2.05) is 6.08 Å². The van der Waals surface area contributed by atoms with Crippen molar-refractivity contribution in [1.82, 2.24) is 5.32 Å². The second kappa shape index (κ2) is 61.2. The van der Waals surface area contributed by atoms with E-state index < -0.39 is 49.5 Å². The van der Waals surface area contributed by atoms with Crippen LogP contribution in [0.15, 0.2) is 97.2 Å². The van der Waals surface area contributed by atoms with Gasteiger partial charge in [0.15, 0.2) is 6.29 Å². The molecule has 474 valence electrons. The van der Waals surface area contributed by atoms with Crippen LogP contribution in [-0.2, 0) is 14.3 Å². The lowest BCUT2D eigenvalue weighted by Crippen LogP contribution is -2.60. The molecule has 1 amide bonds. The second-order valence-electron chi connectivity index (χ2n) is 23.6. The Bertz CT molecular complexity index is 1620. The van der Waals surface area contributed by atoms with Crippen molar-refractivity contribution in [2.45, 2.75) is 346 Å². The van der Waals surface area contributed by atoms with Crippen molar-refractivity contribution in [2.75, 3.05) is 13.2 Å². The quantitative estimate of drug-likeness (QED) is 0.0261. The molecule has 0 aromatic heterocycles. The SMILES string of the molecule is CC/C=C\C/C=C\C/C=C\C/C=C\C/C=C\CCCCCCCCCCCCCCCC(=O)NC(COC1OC(CO)C(O)C(O)C1O)C(O)/C=C/CC/C=C/CC/C=C/CCCCCCCCCCCCCCCCCCCCCC. The molecule has 7 unspecified atom stereocenters. The minimum atomic E-state index is -1.58. The van der Waals surface area contributed by atoms with Gasteiger partial charge in [0.1, 0.15) is 24.4 Å². The second-order valence-corrected chi connectivity index (χ2v) is 23.6. The van der Waals surface area contributed by atoms with Crippen molar-refractivity contribution in [3.63, 3.8) is 0 Å². The fraction of sp³-hybridized carbons (Fsp3) is 0.767. The predicted octanol–water partition coefficient (Wildman–Crippen LogP) is 18.7. The molecule has 1 aliphatic rings. The number of rotatable bonds is 59. The van der Waals surface area contributed by atoms with E-state index in [-0.39, 0.29) is 12.5 Å². The third-order valence-electron chi connectivity index (χ3n) is 15.9. The largest absolute Gasteiger partial charge is 0.394 e. The number of carbonyl (C=O) groups is 1. The van der Waals surface area contributed by atoms with Gasteiger partial charge in [-0.25, -0.2) is 0 Å². The number of aliphatic hydroxyl groups is 5. The molecule has 6 N–H and O–H groups in total. The maximum Gasteiger partial charge on any atom is 0.220 e. The Morgan fingerprint density at radius 3 is 1.17 bits per heavy atom. The first kappa shape index (κ1) is 77.1. The molecule has 0 radical (unpaired) electrons. The van der Waals surface area contributed by atoms with Crippen molar-refractivity contribution in [2.24, 2.45) is 0 Å². The standard InChI is InChI=1S/C73H129NO8/c1-3-5-7-9-11-13-15-17-19-21-23-25-27-29-31-33-35-36-38-40-42-44-46-48-50-52-54-56-58-60-62-67(76)66(65-81-73-72(80)71(79)70(78)68(64-75)82-73)74-69(77)63-61-59-57-55-53-51-49-47-45-43-41-39-37-34-32-30-28-26-24-22-20-18-16-14-12-10-8-6-4-2/h6,8,12,14,18,20,24,26,30,32,44,46,52,54,60,62,66-68,70-73,75-76,78-80H,3-5,7,9-11,13,15-17,19,21-23,25,27-29,31,33-43,45,47-51,53,55-59,61,63-65H2,1-2H3,(H,74,77)/b8-6-,14-12-,20-18-,26-24-,32-30-,46-44+,54-52+,62-60+. The number of unbranched alkanes of at least 4 members (excludes halogenated alkanes) is 35. The monoisotopic (exact) mass is 1150 g/mol. The van der Waals surface area contributed by atoms with Gasteiger partial charge in [0.25, 0.3) is 0 Å². The third kappa shape index (κ3) is 49.4. The molecule has 1 fully saturated rings. The van der Waals surface area contributed by atoms with E-state index in [1.54, 1.807) is 6.08 Å². The van der Waals surface area contributed by atoms with Gasteiger partial charge in [-0.05, 0) is 89.9 Å². The molecule has 1 aliphatic heterocycles. The van der Waals surface area contributed by atoms with Crippen LogP contribution < -0.4 is 5.32 Å². The Morgan fingerprint density at radius 1 is 0.427 bits per heavy atom. The van der Waals surface area contributed by atoms with Gasteiger partial charge >= 0.3 is 0 Å². The summed E-state index contributed by atoms with van der Waals surface area (Å²) in [5, 5.41) is 54.7.